The largest absolute Gasteiger partial charge is 0.785 e. The van der Waals surface area contributed by atoms with E-state index in [2.05, 4.69) is 17.9 Å². The Morgan fingerprint density at radius 2 is 2.29 bits per heavy atom. The minimum absolute atomic E-state index is 0. The Bertz CT molecular complexity index is 449. The predicted octanol–water partition coefficient (Wildman–Crippen LogP) is 0.183. The molecule has 0 aromatic carbocycles. The molecule has 2 rings (SSSR count). The molecule has 1 radical (unpaired) electrons. The van der Waals surface area contributed by atoms with E-state index < -0.39 is 11.5 Å². The van der Waals surface area contributed by atoms with E-state index in [-0.39, 0.29) is 44.2 Å². The molecular formula is C10H10NO3S2Y-. The Labute approximate surface area is 133 Å². The van der Waals surface area contributed by atoms with Gasteiger partial charge in [-0.15, -0.1) is 17.1 Å². The molecule has 1 fully saturated rings. The number of amides is 1. The van der Waals surface area contributed by atoms with E-state index in [1.807, 2.05) is 0 Å². The zero-order valence-electron chi connectivity index (χ0n) is 8.93. The topological polar surface area (TPSA) is 66.4 Å². The van der Waals surface area contributed by atoms with Crippen LogP contribution in [0.5, 0.6) is 0 Å². The zero-order valence-corrected chi connectivity index (χ0v) is 13.4. The van der Waals surface area contributed by atoms with Crippen molar-refractivity contribution < 1.29 is 47.4 Å². The van der Waals surface area contributed by atoms with Gasteiger partial charge in [0.2, 0.25) is 0 Å². The quantitative estimate of drug-likeness (QED) is 0.606. The number of ketones is 1. The van der Waals surface area contributed by atoms with Crippen molar-refractivity contribution in [2.24, 2.45) is 0 Å². The van der Waals surface area contributed by atoms with Crippen molar-refractivity contribution in [3.8, 4) is 0 Å². The van der Waals surface area contributed by atoms with Crippen LogP contribution in [0.25, 0.3) is 0 Å². The molecule has 1 aliphatic rings. The van der Waals surface area contributed by atoms with Crippen molar-refractivity contribution in [1.29, 1.82) is 0 Å². The molecule has 89 valence electrons. The van der Waals surface area contributed by atoms with Gasteiger partial charge in [0.05, 0.1) is 4.88 Å². The van der Waals surface area contributed by atoms with Gasteiger partial charge in [0, 0.05) is 50.6 Å². The van der Waals surface area contributed by atoms with E-state index >= 15 is 0 Å². The maximum absolute atomic E-state index is 11.5. The molecule has 7 heteroatoms. The fourth-order valence-electron chi connectivity index (χ4n) is 1.63. The second-order valence-corrected chi connectivity index (χ2v) is 4.97. The maximum Gasteiger partial charge on any atom is 0.257 e. The Balaban J connectivity index is 0.00000144. The van der Waals surface area contributed by atoms with Gasteiger partial charge in [0.25, 0.3) is 5.91 Å². The Hall–Kier alpha value is 0.254. The summed E-state index contributed by atoms with van der Waals surface area (Å²) < 4.78 is 0. The first-order valence-corrected chi connectivity index (χ1v) is 6.19. The third kappa shape index (κ3) is 2.81. The van der Waals surface area contributed by atoms with Gasteiger partial charge in [-0.1, -0.05) is 0 Å². The van der Waals surface area contributed by atoms with Crippen LogP contribution in [-0.2, 0) is 55.7 Å². The number of carbonyl (C=O) groups is 2. The molecule has 1 aliphatic heterocycles. The number of rotatable bonds is 3. The molecule has 2 N–H and O–H groups in total. The molecule has 0 saturated carbocycles. The van der Waals surface area contributed by atoms with Crippen LogP contribution in [0.1, 0.15) is 21.0 Å². The number of aliphatic hydroxyl groups is 1. The first kappa shape index (κ1) is 15.3. The van der Waals surface area contributed by atoms with Crippen LogP contribution in [0, 0.1) is 0 Å². The molecule has 0 unspecified atom stereocenters. The number of hydrogen-bond donors (Lipinski definition) is 2. The number of carbonyl (C=O) groups excluding carboxylic acids is 2. The average molecular weight is 345 g/mol. The SMILES string of the molecule is O=C(C[S-])c1ccc([C@@]2(O)CCNC2=O)s1.[Y]. The van der Waals surface area contributed by atoms with E-state index in [0.717, 1.165) is 11.3 Å². The first-order valence-electron chi connectivity index (χ1n) is 4.80. The fourth-order valence-corrected chi connectivity index (χ4v) is 2.94. The maximum atomic E-state index is 11.5. The molecule has 2 heterocycles. The van der Waals surface area contributed by atoms with Gasteiger partial charge < -0.3 is 23.1 Å². The normalized spacial score (nSPS) is 23.1. The van der Waals surface area contributed by atoms with Crippen LogP contribution in [0.3, 0.4) is 0 Å². The summed E-state index contributed by atoms with van der Waals surface area (Å²) in [5, 5.41) is 12.7. The van der Waals surface area contributed by atoms with Gasteiger partial charge in [-0.25, -0.2) is 0 Å². The summed E-state index contributed by atoms with van der Waals surface area (Å²) >= 11 is 5.81. The molecule has 0 spiro atoms. The number of nitrogens with one attached hydrogen (secondary N) is 1. The molecule has 17 heavy (non-hydrogen) atoms. The summed E-state index contributed by atoms with van der Waals surface area (Å²) in [6.07, 6.45) is 0.341. The van der Waals surface area contributed by atoms with Crippen LogP contribution in [0.15, 0.2) is 12.1 Å². The average Bonchev–Trinajstić information content (AvgIpc) is 2.87. The summed E-state index contributed by atoms with van der Waals surface area (Å²) in [7, 11) is 0. The van der Waals surface area contributed by atoms with Crippen molar-refractivity contribution >= 4 is 35.7 Å². The molecular weight excluding hydrogens is 335 g/mol. The molecule has 4 nitrogen and oxygen atoms in total. The van der Waals surface area contributed by atoms with Crippen molar-refractivity contribution in [3.63, 3.8) is 0 Å². The minimum Gasteiger partial charge on any atom is -0.785 e. The summed E-state index contributed by atoms with van der Waals surface area (Å²) in [4.78, 5) is 23.8. The summed E-state index contributed by atoms with van der Waals surface area (Å²) in [6.45, 7) is 0.456. The van der Waals surface area contributed by atoms with Crippen molar-refractivity contribution in [2.75, 3.05) is 12.3 Å². The van der Waals surface area contributed by atoms with Gasteiger partial charge in [-0.05, 0) is 12.1 Å². The van der Waals surface area contributed by atoms with E-state index in [0.29, 0.717) is 22.7 Å². The summed E-state index contributed by atoms with van der Waals surface area (Å²) in [6, 6.07) is 3.23. The van der Waals surface area contributed by atoms with E-state index in [4.69, 9.17) is 0 Å². The number of thiophene rings is 1. The van der Waals surface area contributed by atoms with Crippen molar-refractivity contribution in [1.82, 2.24) is 5.32 Å². The Kier molecular flexibility index (Phi) is 5.34. The second kappa shape index (κ2) is 5.93. The van der Waals surface area contributed by atoms with Crippen molar-refractivity contribution in [2.45, 2.75) is 12.0 Å². The number of Topliss-reactive ketones (excluding diaryl/α,β-unsaturated/α-hetero) is 1. The Morgan fingerprint density at radius 1 is 1.59 bits per heavy atom. The van der Waals surface area contributed by atoms with Crippen LogP contribution >= 0.6 is 11.3 Å². The molecule has 1 amide bonds. The van der Waals surface area contributed by atoms with Crippen molar-refractivity contribution in [3.05, 3.63) is 21.9 Å². The molecule has 1 atom stereocenters. The first-order chi connectivity index (χ1) is 7.58. The van der Waals surface area contributed by atoms with Crippen LogP contribution in [0.2, 0.25) is 0 Å². The molecule has 0 bridgehead atoms. The van der Waals surface area contributed by atoms with Gasteiger partial charge in [0.15, 0.2) is 5.60 Å². The Morgan fingerprint density at radius 3 is 2.82 bits per heavy atom. The molecule has 1 aromatic rings. The van der Waals surface area contributed by atoms with Crippen LogP contribution < -0.4 is 5.32 Å². The minimum atomic E-state index is -1.47. The van der Waals surface area contributed by atoms with Crippen LogP contribution in [0.4, 0.5) is 0 Å². The summed E-state index contributed by atoms with van der Waals surface area (Å²) in [5.74, 6) is -0.523. The van der Waals surface area contributed by atoms with Gasteiger partial charge in [0.1, 0.15) is 5.78 Å². The molecule has 1 saturated heterocycles. The third-order valence-electron chi connectivity index (χ3n) is 2.57. The number of hydrogen-bond acceptors (Lipinski definition) is 5. The standard InChI is InChI=1S/C10H11NO3S2.Y/c12-6(5-15)7-1-2-8(16-7)10(14)3-4-11-9(10)13;/h1-2,14-15H,3-5H2,(H,11,13);/p-1/t10-;/m0./s1. The van der Waals surface area contributed by atoms with Crippen LogP contribution in [-0.4, -0.2) is 29.1 Å². The predicted molar refractivity (Wildman–Crippen MR) is 62.4 cm³/mol. The van der Waals surface area contributed by atoms with Gasteiger partial charge in [-0.3, -0.25) is 9.59 Å². The summed E-state index contributed by atoms with van der Waals surface area (Å²) in [5.41, 5.74) is -1.47. The van der Waals surface area contributed by atoms with Gasteiger partial charge in [-0.2, -0.15) is 0 Å². The molecule has 1 aromatic heterocycles. The second-order valence-electron chi connectivity index (χ2n) is 3.60. The smallest absolute Gasteiger partial charge is 0.257 e. The van der Waals surface area contributed by atoms with E-state index in [9.17, 15) is 14.7 Å². The monoisotopic (exact) mass is 345 g/mol. The van der Waals surface area contributed by atoms with Gasteiger partial charge >= 0.3 is 0 Å². The zero-order chi connectivity index (χ0) is 11.8. The molecule has 0 aliphatic carbocycles. The third-order valence-corrected chi connectivity index (χ3v) is 4.11. The van der Waals surface area contributed by atoms with E-state index in [1.165, 1.54) is 0 Å². The fraction of sp³-hybridized carbons (Fsp3) is 0.400. The van der Waals surface area contributed by atoms with E-state index in [1.54, 1.807) is 12.1 Å².